The number of hydrogen-bond donors (Lipinski definition) is 0. The first kappa shape index (κ1) is 17.0. The SMILES string of the molecule is CCCc1ccc(C#Cc2cc(F)c(-c3ccccc3)cc2C)cc1. The van der Waals surface area contributed by atoms with Gasteiger partial charge >= 0.3 is 0 Å². The fraction of sp³-hybridized carbons (Fsp3) is 0.167. The summed E-state index contributed by atoms with van der Waals surface area (Å²) in [6.45, 7) is 4.14. The topological polar surface area (TPSA) is 0 Å². The molecular weight excluding hydrogens is 307 g/mol. The third-order valence-corrected chi connectivity index (χ3v) is 4.23. The lowest BCUT2D eigenvalue weighted by atomic mass is 9.99. The van der Waals surface area contributed by atoms with Crippen LogP contribution in [0, 0.1) is 24.6 Å². The zero-order chi connectivity index (χ0) is 17.6. The quantitative estimate of drug-likeness (QED) is 0.506. The highest BCUT2D eigenvalue weighted by molar-refractivity contribution is 5.66. The van der Waals surface area contributed by atoms with Gasteiger partial charge in [-0.05, 0) is 54.3 Å². The van der Waals surface area contributed by atoms with Crippen LogP contribution in [-0.2, 0) is 6.42 Å². The number of halogens is 1. The monoisotopic (exact) mass is 328 g/mol. The zero-order valence-corrected chi connectivity index (χ0v) is 14.6. The molecule has 0 nitrogen and oxygen atoms in total. The molecule has 3 aromatic rings. The number of hydrogen-bond acceptors (Lipinski definition) is 0. The van der Waals surface area contributed by atoms with E-state index in [0.717, 1.165) is 35.1 Å². The Bertz CT molecular complexity index is 910. The van der Waals surface area contributed by atoms with Crippen LogP contribution in [0.3, 0.4) is 0 Å². The molecule has 0 radical (unpaired) electrons. The summed E-state index contributed by atoms with van der Waals surface area (Å²) in [6, 6.07) is 21.3. The lowest BCUT2D eigenvalue weighted by Gasteiger charge is -2.07. The van der Waals surface area contributed by atoms with Gasteiger partial charge in [-0.25, -0.2) is 4.39 Å². The molecule has 0 fully saturated rings. The lowest BCUT2D eigenvalue weighted by molar-refractivity contribution is 0.630. The summed E-state index contributed by atoms with van der Waals surface area (Å²) in [7, 11) is 0. The molecule has 3 aromatic carbocycles. The average molecular weight is 328 g/mol. The molecule has 0 aliphatic rings. The highest BCUT2D eigenvalue weighted by Crippen LogP contribution is 2.25. The summed E-state index contributed by atoms with van der Waals surface area (Å²) in [6.07, 6.45) is 2.22. The van der Waals surface area contributed by atoms with Crippen molar-refractivity contribution >= 4 is 0 Å². The van der Waals surface area contributed by atoms with Crippen LogP contribution < -0.4 is 0 Å². The molecule has 0 aromatic heterocycles. The van der Waals surface area contributed by atoms with Gasteiger partial charge in [0.15, 0.2) is 0 Å². The Hall–Kier alpha value is -2.85. The van der Waals surface area contributed by atoms with E-state index in [-0.39, 0.29) is 5.82 Å². The van der Waals surface area contributed by atoms with Crippen molar-refractivity contribution in [3.05, 3.63) is 94.8 Å². The maximum Gasteiger partial charge on any atom is 0.132 e. The normalized spacial score (nSPS) is 10.2. The second-order valence-electron chi connectivity index (χ2n) is 6.21. The second kappa shape index (κ2) is 7.81. The summed E-state index contributed by atoms with van der Waals surface area (Å²) < 4.78 is 14.5. The molecule has 0 spiro atoms. The van der Waals surface area contributed by atoms with Gasteiger partial charge in [-0.3, -0.25) is 0 Å². The van der Waals surface area contributed by atoms with Crippen LogP contribution in [0.5, 0.6) is 0 Å². The van der Waals surface area contributed by atoms with Crippen molar-refractivity contribution in [2.75, 3.05) is 0 Å². The molecule has 0 amide bonds. The van der Waals surface area contributed by atoms with Gasteiger partial charge in [-0.2, -0.15) is 0 Å². The first-order valence-electron chi connectivity index (χ1n) is 8.64. The van der Waals surface area contributed by atoms with E-state index >= 15 is 0 Å². The molecule has 25 heavy (non-hydrogen) atoms. The molecule has 0 saturated carbocycles. The van der Waals surface area contributed by atoms with Crippen LogP contribution in [0.2, 0.25) is 0 Å². The number of rotatable bonds is 3. The predicted octanol–water partition coefficient (Wildman–Crippen LogP) is 6.15. The van der Waals surface area contributed by atoms with E-state index < -0.39 is 0 Å². The number of aryl methyl sites for hydroxylation is 2. The van der Waals surface area contributed by atoms with E-state index in [2.05, 4.69) is 30.9 Å². The molecule has 0 unspecified atom stereocenters. The Morgan fingerprint density at radius 3 is 2.28 bits per heavy atom. The highest BCUT2D eigenvalue weighted by Gasteiger charge is 2.08. The van der Waals surface area contributed by atoms with E-state index in [9.17, 15) is 4.39 Å². The van der Waals surface area contributed by atoms with Gasteiger partial charge in [0, 0.05) is 16.7 Å². The average Bonchev–Trinajstić information content (AvgIpc) is 2.64. The van der Waals surface area contributed by atoms with Gasteiger partial charge in [-0.15, -0.1) is 0 Å². The van der Waals surface area contributed by atoms with Crippen LogP contribution >= 0.6 is 0 Å². The summed E-state index contributed by atoms with van der Waals surface area (Å²) in [5.74, 6) is 6.01. The molecule has 0 atom stereocenters. The molecule has 124 valence electrons. The van der Waals surface area contributed by atoms with Gasteiger partial charge in [0.1, 0.15) is 5.82 Å². The Labute approximate surface area is 149 Å². The zero-order valence-electron chi connectivity index (χ0n) is 14.6. The minimum Gasteiger partial charge on any atom is -0.206 e. The van der Waals surface area contributed by atoms with Gasteiger partial charge < -0.3 is 0 Å². The van der Waals surface area contributed by atoms with Crippen LogP contribution in [0.15, 0.2) is 66.7 Å². The summed E-state index contributed by atoms with van der Waals surface area (Å²) >= 11 is 0. The van der Waals surface area contributed by atoms with Gasteiger partial charge in [0.2, 0.25) is 0 Å². The number of benzene rings is 3. The molecule has 0 bridgehead atoms. The van der Waals surface area contributed by atoms with Crippen molar-refractivity contribution in [1.29, 1.82) is 0 Å². The summed E-state index contributed by atoms with van der Waals surface area (Å²) in [5.41, 5.74) is 5.49. The van der Waals surface area contributed by atoms with Gasteiger partial charge in [-0.1, -0.05) is 67.6 Å². The smallest absolute Gasteiger partial charge is 0.132 e. The maximum atomic E-state index is 14.5. The minimum atomic E-state index is -0.237. The van der Waals surface area contributed by atoms with Gasteiger partial charge in [0.25, 0.3) is 0 Å². The lowest BCUT2D eigenvalue weighted by Crippen LogP contribution is -1.91. The molecule has 0 heterocycles. The third kappa shape index (κ3) is 4.17. The van der Waals surface area contributed by atoms with E-state index in [4.69, 9.17) is 0 Å². The molecule has 1 heteroatoms. The van der Waals surface area contributed by atoms with E-state index in [1.54, 1.807) is 0 Å². The molecular formula is C24H21F. The predicted molar refractivity (Wildman–Crippen MR) is 103 cm³/mol. The van der Waals surface area contributed by atoms with E-state index in [0.29, 0.717) is 5.56 Å². The van der Waals surface area contributed by atoms with Crippen molar-refractivity contribution < 1.29 is 4.39 Å². The fourth-order valence-electron chi connectivity index (χ4n) is 2.84. The van der Waals surface area contributed by atoms with Crippen molar-refractivity contribution in [2.45, 2.75) is 26.7 Å². The Kier molecular flexibility index (Phi) is 5.31. The van der Waals surface area contributed by atoms with Crippen molar-refractivity contribution in [3.8, 4) is 23.0 Å². The van der Waals surface area contributed by atoms with Crippen LogP contribution in [0.1, 0.15) is 35.6 Å². The first-order chi connectivity index (χ1) is 12.2. The van der Waals surface area contributed by atoms with Crippen molar-refractivity contribution in [1.82, 2.24) is 0 Å². The van der Waals surface area contributed by atoms with E-state index in [1.165, 1.54) is 11.6 Å². The molecule has 0 aliphatic heterocycles. The van der Waals surface area contributed by atoms with Crippen molar-refractivity contribution in [3.63, 3.8) is 0 Å². The Morgan fingerprint density at radius 1 is 0.880 bits per heavy atom. The molecule has 0 saturated heterocycles. The summed E-state index contributed by atoms with van der Waals surface area (Å²) in [4.78, 5) is 0. The molecule has 0 N–H and O–H groups in total. The molecule has 0 aliphatic carbocycles. The van der Waals surface area contributed by atoms with Crippen molar-refractivity contribution in [2.24, 2.45) is 0 Å². The minimum absolute atomic E-state index is 0.237. The van der Waals surface area contributed by atoms with Crippen LogP contribution in [0.4, 0.5) is 4.39 Å². The maximum absolute atomic E-state index is 14.5. The Morgan fingerprint density at radius 2 is 1.60 bits per heavy atom. The Balaban J connectivity index is 1.88. The van der Waals surface area contributed by atoms with Crippen LogP contribution in [-0.4, -0.2) is 0 Å². The molecule has 3 rings (SSSR count). The summed E-state index contributed by atoms with van der Waals surface area (Å²) in [5, 5.41) is 0. The first-order valence-corrected chi connectivity index (χ1v) is 8.64. The third-order valence-electron chi connectivity index (χ3n) is 4.23. The fourth-order valence-corrected chi connectivity index (χ4v) is 2.84. The largest absolute Gasteiger partial charge is 0.206 e. The van der Waals surface area contributed by atoms with Crippen LogP contribution in [0.25, 0.3) is 11.1 Å². The standard InChI is InChI=1S/C24H21F/c1-3-7-19-10-12-20(13-11-19)14-15-22-17-24(25)23(16-18(22)2)21-8-5-4-6-9-21/h4-6,8-13,16-17H,3,7H2,1-2H3. The van der Waals surface area contributed by atoms with Gasteiger partial charge in [0.05, 0.1) is 0 Å². The second-order valence-corrected chi connectivity index (χ2v) is 6.21. The highest BCUT2D eigenvalue weighted by atomic mass is 19.1. The van der Waals surface area contributed by atoms with E-state index in [1.807, 2.05) is 55.5 Å².